The molecule has 8 N–H and O–H groups in total. The van der Waals surface area contributed by atoms with Gasteiger partial charge in [-0.15, -0.1) is 0 Å². The number of amides is 8. The van der Waals surface area contributed by atoms with Crippen molar-refractivity contribution >= 4 is 47.3 Å². The maximum Gasteiger partial charge on any atom is 0.245 e. The third-order valence-corrected chi connectivity index (χ3v) is 21.5. The first-order valence-corrected chi connectivity index (χ1v) is 49.6. The highest BCUT2D eigenvalue weighted by Crippen LogP contribution is 2.17. The number of carbonyl (C=O) groups is 8. The van der Waals surface area contributed by atoms with Crippen LogP contribution in [0.5, 0.6) is 11.5 Å². The zero-order chi connectivity index (χ0) is 101. The van der Waals surface area contributed by atoms with Crippen LogP contribution in [0.1, 0.15) is 226 Å². The van der Waals surface area contributed by atoms with Gasteiger partial charge in [0.05, 0.1) is 33.0 Å². The van der Waals surface area contributed by atoms with Crippen LogP contribution in [0.15, 0.2) is 194 Å². The molecule has 0 bridgehead atoms. The average molecular weight is 1910 g/mol. The summed E-state index contributed by atoms with van der Waals surface area (Å²) in [5.41, 5.74) is 18.2. The molecule has 8 aromatic carbocycles. The van der Waals surface area contributed by atoms with E-state index in [0.29, 0.717) is 105 Å². The number of aryl methyl sites for hydroxylation is 12. The predicted molar refractivity (Wildman–Crippen MR) is 561 cm³/mol. The number of likely N-dealkylation sites (N-methyl/N-ethyl adjacent to an activating group) is 2. The van der Waals surface area contributed by atoms with Gasteiger partial charge in [-0.05, 0) is 235 Å². The number of hydrogen-bond acceptors (Lipinski definition) is 16. The quantitative estimate of drug-likeness (QED) is 0.0164. The molecular weight excluding hydrogens is 1740 g/mol. The summed E-state index contributed by atoms with van der Waals surface area (Å²) in [7, 11) is 13.2. The molecule has 138 heavy (non-hydrogen) atoms. The summed E-state index contributed by atoms with van der Waals surface area (Å²) in [6.07, 6.45) is 26.1. The van der Waals surface area contributed by atoms with Crippen LogP contribution in [0.2, 0.25) is 0 Å². The molecule has 0 saturated carbocycles. The Balaban J connectivity index is 0.000000789. The molecule has 0 radical (unpaired) electrons. The van der Waals surface area contributed by atoms with E-state index >= 15 is 0 Å². The fourth-order valence-corrected chi connectivity index (χ4v) is 12.5. The van der Waals surface area contributed by atoms with Crippen molar-refractivity contribution in [3.05, 3.63) is 272 Å². The number of hydrogen-bond donors (Lipinski definition) is 8. The number of ether oxygens (including phenoxy) is 8. The lowest BCUT2D eigenvalue weighted by atomic mass is 10.0. The number of benzene rings is 8. The highest BCUT2D eigenvalue weighted by Gasteiger charge is 2.08. The zero-order valence-electron chi connectivity index (χ0n) is 86.7. The fourth-order valence-electron chi connectivity index (χ4n) is 12.5. The van der Waals surface area contributed by atoms with E-state index in [0.717, 1.165) is 147 Å². The molecule has 0 heterocycles. The van der Waals surface area contributed by atoms with Gasteiger partial charge in [0.25, 0.3) is 0 Å². The monoisotopic (exact) mass is 1910 g/mol. The van der Waals surface area contributed by atoms with E-state index in [-0.39, 0.29) is 60.5 Å². The Morgan fingerprint density at radius 2 is 0.420 bits per heavy atom. The Bertz CT molecular complexity index is 3830. The molecule has 0 aliphatic rings. The Morgan fingerprint density at radius 3 is 0.804 bits per heavy atom. The molecule has 0 aromatic heterocycles. The molecular formula is C114H172N8O16. The van der Waals surface area contributed by atoms with E-state index in [2.05, 4.69) is 237 Å². The van der Waals surface area contributed by atoms with Crippen molar-refractivity contribution < 1.29 is 76.3 Å². The van der Waals surface area contributed by atoms with Crippen molar-refractivity contribution in [3.8, 4) is 11.5 Å². The van der Waals surface area contributed by atoms with E-state index in [4.69, 9.17) is 37.9 Å². The molecule has 0 saturated heterocycles. The molecule has 0 spiro atoms. The minimum absolute atomic E-state index is 0.0311. The molecule has 0 fully saturated rings. The maximum atomic E-state index is 11.0. The number of unbranched alkanes of at least 4 members (excludes halogenated alkanes) is 9. The van der Waals surface area contributed by atoms with E-state index < -0.39 is 0 Å². The molecule has 0 unspecified atom stereocenters. The van der Waals surface area contributed by atoms with Crippen LogP contribution in [0.25, 0.3) is 0 Å². The van der Waals surface area contributed by atoms with Gasteiger partial charge < -0.3 is 80.4 Å². The van der Waals surface area contributed by atoms with Crippen LogP contribution in [-0.2, 0) is 105 Å². The zero-order valence-corrected chi connectivity index (χ0v) is 86.7. The van der Waals surface area contributed by atoms with E-state index in [1.54, 1.807) is 56.4 Å². The van der Waals surface area contributed by atoms with E-state index in [1.165, 1.54) is 97.2 Å². The van der Waals surface area contributed by atoms with Gasteiger partial charge in [-0.3, -0.25) is 38.4 Å². The Hall–Kier alpha value is -11.1. The van der Waals surface area contributed by atoms with Crippen molar-refractivity contribution in [2.45, 2.75) is 242 Å². The first-order valence-electron chi connectivity index (χ1n) is 49.6. The summed E-state index contributed by atoms with van der Waals surface area (Å²) in [4.78, 5) is 87.4. The number of rotatable bonds is 58. The standard InChI is InChI=1S/C15H23NO4.C15H23NO.5C14H21NO2.C14H21NO/c1-13-4-6-14(7-5-13)20-11-10-18-8-3-9-19-12-15(17)16-2;1-13-9-11-14(12-10-13)7-5-3-4-6-8-15(17)16-2;1-12-5-7-13(8-6-12)9-11-17-10-3-4-14(16)15-2;1-12-5-7-13(8-6-12)4-3-10-17-11-9-14(16)15-2;1-12-6-8-13(9-7-12)11-17-10-4-3-5-14(16)15-2;1-12-6-8-13(9-7-12)5-3-4-10-17-11-14(16)15-2;1-12-7-9-13(10-8-12)17-11-5-3-4-6-14(16)15-2;1-12-8-10-13(11-9-12)6-4-3-5-7-14(16)15-2/h4-7H,3,8-12H2,1-2H3,(H,16,17);9-12H,3-8H2,1-2H3,(H,16,17);2*5-8H,3-4,9-11H2,1-2H3,(H,15,16);2*6-9H,3-5,10-11H2,1-2H3,(H,15,16);7-10H,3-6,11H2,1-2H3,(H,15,16);8-11H,3-7H2,1-2H3,(H,15,16). The molecule has 0 atom stereocenters. The topological polar surface area (TPSA) is 307 Å². The Kier molecular flexibility index (Phi) is 78.0. The third-order valence-electron chi connectivity index (χ3n) is 21.5. The molecule has 0 aliphatic carbocycles. The molecule has 8 rings (SSSR count). The van der Waals surface area contributed by atoms with Crippen LogP contribution >= 0.6 is 0 Å². The van der Waals surface area contributed by atoms with Crippen molar-refractivity contribution in [1.82, 2.24) is 42.5 Å². The second-order valence-electron chi connectivity index (χ2n) is 33.9. The summed E-state index contributed by atoms with van der Waals surface area (Å²) in [6, 6.07) is 67.4. The first-order chi connectivity index (χ1) is 66.8. The van der Waals surface area contributed by atoms with Crippen LogP contribution in [0.4, 0.5) is 0 Å². The first kappa shape index (κ1) is 125. The largest absolute Gasteiger partial charge is 0.494 e. The number of carbonyl (C=O) groups excluding carboxylic acids is 8. The molecule has 8 aromatic rings. The molecule has 0 aliphatic heterocycles. The Morgan fingerprint density at radius 1 is 0.181 bits per heavy atom. The molecule has 24 heteroatoms. The van der Waals surface area contributed by atoms with Gasteiger partial charge in [-0.25, -0.2) is 0 Å². The smallest absolute Gasteiger partial charge is 0.245 e. The van der Waals surface area contributed by atoms with Crippen molar-refractivity contribution in [2.75, 3.05) is 142 Å². The maximum absolute atomic E-state index is 11.0. The lowest BCUT2D eigenvalue weighted by Gasteiger charge is -2.07. The van der Waals surface area contributed by atoms with Crippen LogP contribution in [0.3, 0.4) is 0 Å². The minimum atomic E-state index is -0.114. The second kappa shape index (κ2) is 86.2. The van der Waals surface area contributed by atoms with E-state index in [1.807, 2.05) is 55.5 Å². The SMILES string of the molecule is CNC(=O)CCCCCCc1ccc(C)cc1.CNC(=O)CCCCCOc1ccc(C)cc1.CNC(=O)CCCCCc1ccc(C)cc1.CNC(=O)CCCCOCc1ccc(C)cc1.CNC(=O)CCCOCCc1ccc(C)cc1.CNC(=O)CCOCCCc1ccc(C)cc1.CNC(=O)COCCCCc1ccc(C)cc1.CNC(=O)COCCCOCCOc1ccc(C)cc1. The van der Waals surface area contributed by atoms with Crippen LogP contribution in [-0.4, -0.2) is 190 Å². The van der Waals surface area contributed by atoms with Crippen LogP contribution in [0, 0.1) is 55.4 Å². The van der Waals surface area contributed by atoms with Gasteiger partial charge in [-0.1, -0.05) is 234 Å². The Labute approximate surface area is 829 Å². The van der Waals surface area contributed by atoms with Crippen molar-refractivity contribution in [3.63, 3.8) is 0 Å². The van der Waals surface area contributed by atoms with Crippen molar-refractivity contribution in [1.29, 1.82) is 0 Å². The van der Waals surface area contributed by atoms with Gasteiger partial charge >= 0.3 is 0 Å². The van der Waals surface area contributed by atoms with Gasteiger partial charge in [0, 0.05) is 135 Å². The molecule has 24 nitrogen and oxygen atoms in total. The summed E-state index contributed by atoms with van der Waals surface area (Å²) in [5, 5.41) is 20.7. The third kappa shape index (κ3) is 75.9. The normalized spacial score (nSPS) is 10.2. The average Bonchev–Trinajstić information content (AvgIpc) is 0.965. The summed E-state index contributed by atoms with van der Waals surface area (Å²) in [6.45, 7) is 24.5. The number of nitrogens with one attached hydrogen (secondary N) is 8. The van der Waals surface area contributed by atoms with Gasteiger partial charge in [-0.2, -0.15) is 0 Å². The molecule has 8 amide bonds. The molecule has 764 valence electrons. The summed E-state index contributed by atoms with van der Waals surface area (Å²) >= 11 is 0. The summed E-state index contributed by atoms with van der Waals surface area (Å²) in [5.74, 6) is 2.22. The lowest BCUT2D eigenvalue weighted by molar-refractivity contribution is -0.126. The van der Waals surface area contributed by atoms with E-state index in [9.17, 15) is 38.4 Å². The fraction of sp³-hybridized carbons (Fsp3) is 0.509. The summed E-state index contributed by atoms with van der Waals surface area (Å²) < 4.78 is 43.3. The second-order valence-corrected chi connectivity index (χ2v) is 33.9. The highest BCUT2D eigenvalue weighted by molar-refractivity contribution is 5.78. The predicted octanol–water partition coefficient (Wildman–Crippen LogP) is 19.0. The van der Waals surface area contributed by atoms with Crippen LogP contribution < -0.4 is 52.0 Å². The van der Waals surface area contributed by atoms with Gasteiger partial charge in [0.1, 0.15) is 31.3 Å². The van der Waals surface area contributed by atoms with Crippen molar-refractivity contribution in [2.24, 2.45) is 0 Å². The van der Waals surface area contributed by atoms with Gasteiger partial charge in [0.2, 0.25) is 47.3 Å². The highest BCUT2D eigenvalue weighted by atomic mass is 16.5. The minimum Gasteiger partial charge on any atom is -0.494 e. The lowest BCUT2D eigenvalue weighted by Crippen LogP contribution is -2.23. The van der Waals surface area contributed by atoms with Gasteiger partial charge in [0.15, 0.2) is 0 Å².